The molecule has 0 aliphatic carbocycles. The third-order valence-corrected chi connectivity index (χ3v) is 2.46. The van der Waals surface area contributed by atoms with Crippen molar-refractivity contribution in [2.45, 2.75) is 12.3 Å². The van der Waals surface area contributed by atoms with Crippen LogP contribution in [0.15, 0.2) is 18.2 Å². The van der Waals surface area contributed by atoms with Crippen LogP contribution in [-0.2, 0) is 4.79 Å². The van der Waals surface area contributed by atoms with Crippen molar-refractivity contribution in [2.75, 3.05) is 11.9 Å². The van der Waals surface area contributed by atoms with Crippen LogP contribution in [0, 0.1) is 0 Å². The maximum absolute atomic E-state index is 11.6. The first-order chi connectivity index (χ1) is 7.58. The molecule has 0 bridgehead atoms. The van der Waals surface area contributed by atoms with Crippen LogP contribution < -0.4 is 10.1 Å². The first kappa shape index (κ1) is 11.0. The number of alkyl halides is 1. The van der Waals surface area contributed by atoms with E-state index in [-0.39, 0.29) is 18.3 Å². The Labute approximate surface area is 97.5 Å². The lowest BCUT2D eigenvalue weighted by molar-refractivity contribution is -0.118. The SMILES string of the molecule is CC(Cl)C(=O)c1ccc2c(c1)NC(=O)CO2. The van der Waals surface area contributed by atoms with Crippen LogP contribution in [0.25, 0.3) is 0 Å². The van der Waals surface area contributed by atoms with Crippen molar-refractivity contribution in [3.05, 3.63) is 23.8 Å². The summed E-state index contributed by atoms with van der Waals surface area (Å²) in [6.45, 7) is 1.62. The third kappa shape index (κ3) is 2.02. The Hall–Kier alpha value is -1.55. The van der Waals surface area contributed by atoms with E-state index in [0.717, 1.165) is 0 Å². The molecule has 0 fully saturated rings. The number of benzene rings is 1. The van der Waals surface area contributed by atoms with Gasteiger partial charge >= 0.3 is 0 Å². The highest BCUT2D eigenvalue weighted by atomic mass is 35.5. The summed E-state index contributed by atoms with van der Waals surface area (Å²) in [5.41, 5.74) is 0.978. The van der Waals surface area contributed by atoms with Gasteiger partial charge < -0.3 is 10.1 Å². The highest BCUT2D eigenvalue weighted by Crippen LogP contribution is 2.29. The molecule has 1 aromatic carbocycles. The first-order valence-electron chi connectivity index (χ1n) is 4.83. The minimum atomic E-state index is -0.585. The summed E-state index contributed by atoms with van der Waals surface area (Å²) >= 11 is 5.71. The van der Waals surface area contributed by atoms with Crippen LogP contribution in [0.4, 0.5) is 5.69 Å². The largest absolute Gasteiger partial charge is 0.482 e. The number of fused-ring (bicyclic) bond motifs is 1. The Morgan fingerprint density at radius 1 is 1.56 bits per heavy atom. The summed E-state index contributed by atoms with van der Waals surface area (Å²) in [5.74, 6) is 0.165. The molecule has 0 saturated heterocycles. The van der Waals surface area contributed by atoms with Crippen molar-refractivity contribution in [1.29, 1.82) is 0 Å². The monoisotopic (exact) mass is 239 g/mol. The number of halogens is 1. The van der Waals surface area contributed by atoms with Gasteiger partial charge in [-0.2, -0.15) is 0 Å². The summed E-state index contributed by atoms with van der Waals surface area (Å²) in [6.07, 6.45) is 0. The Bertz CT molecular complexity index is 457. The van der Waals surface area contributed by atoms with Gasteiger partial charge in [0.2, 0.25) is 0 Å². The van der Waals surface area contributed by atoms with Gasteiger partial charge in [-0.05, 0) is 25.1 Å². The summed E-state index contributed by atoms with van der Waals surface area (Å²) < 4.78 is 5.17. The minimum Gasteiger partial charge on any atom is -0.482 e. The molecule has 5 heteroatoms. The lowest BCUT2D eigenvalue weighted by Gasteiger charge is -2.18. The topological polar surface area (TPSA) is 55.4 Å². The summed E-state index contributed by atoms with van der Waals surface area (Å²) in [6, 6.07) is 4.87. The fourth-order valence-corrected chi connectivity index (χ4v) is 1.59. The van der Waals surface area contributed by atoms with E-state index in [2.05, 4.69) is 5.32 Å². The Morgan fingerprint density at radius 3 is 3.00 bits per heavy atom. The standard InChI is InChI=1S/C11H10ClNO3/c1-6(12)11(15)7-2-3-9-8(4-7)13-10(14)5-16-9/h2-4,6H,5H2,1H3,(H,13,14). The van der Waals surface area contributed by atoms with Crippen LogP contribution >= 0.6 is 11.6 Å². The molecule has 0 spiro atoms. The minimum absolute atomic E-state index is 0.00615. The normalized spacial score (nSPS) is 15.8. The highest BCUT2D eigenvalue weighted by molar-refractivity contribution is 6.33. The molecule has 1 heterocycles. The van der Waals surface area contributed by atoms with Gasteiger partial charge in [0.25, 0.3) is 5.91 Å². The molecule has 16 heavy (non-hydrogen) atoms. The maximum atomic E-state index is 11.6. The number of hydrogen-bond donors (Lipinski definition) is 1. The van der Waals surface area contributed by atoms with Crippen LogP contribution in [0.3, 0.4) is 0 Å². The van der Waals surface area contributed by atoms with Gasteiger partial charge in [0, 0.05) is 5.56 Å². The smallest absolute Gasteiger partial charge is 0.262 e. The molecular formula is C11H10ClNO3. The van der Waals surface area contributed by atoms with Crippen molar-refractivity contribution < 1.29 is 14.3 Å². The van der Waals surface area contributed by atoms with E-state index in [0.29, 0.717) is 17.0 Å². The molecule has 1 amide bonds. The number of ketones is 1. The molecule has 1 atom stereocenters. The molecule has 0 saturated carbocycles. The van der Waals surface area contributed by atoms with Crippen LogP contribution in [-0.4, -0.2) is 23.7 Å². The fourth-order valence-electron chi connectivity index (χ4n) is 1.47. The molecule has 0 aromatic heterocycles. The third-order valence-electron chi connectivity index (χ3n) is 2.26. The summed E-state index contributed by atoms with van der Waals surface area (Å²) in [5, 5.41) is 2.05. The number of carbonyl (C=O) groups is 2. The van der Waals surface area contributed by atoms with Gasteiger partial charge in [0.1, 0.15) is 5.75 Å². The molecular weight excluding hydrogens is 230 g/mol. The quantitative estimate of drug-likeness (QED) is 0.633. The zero-order valence-corrected chi connectivity index (χ0v) is 9.38. The molecule has 84 valence electrons. The van der Waals surface area contributed by atoms with Crippen LogP contribution in [0.1, 0.15) is 17.3 Å². The zero-order valence-electron chi connectivity index (χ0n) is 8.62. The molecule has 0 radical (unpaired) electrons. The number of carbonyl (C=O) groups excluding carboxylic acids is 2. The predicted octanol–water partition coefficient (Wildman–Crippen LogP) is 1.83. The van der Waals surface area contributed by atoms with E-state index < -0.39 is 5.38 Å². The molecule has 2 rings (SSSR count). The van der Waals surface area contributed by atoms with Gasteiger partial charge in [0.05, 0.1) is 11.1 Å². The second kappa shape index (κ2) is 4.14. The van der Waals surface area contributed by atoms with E-state index in [9.17, 15) is 9.59 Å². The highest BCUT2D eigenvalue weighted by Gasteiger charge is 2.19. The number of ether oxygens (including phenoxy) is 1. The van der Waals surface area contributed by atoms with Crippen molar-refractivity contribution in [3.63, 3.8) is 0 Å². The van der Waals surface area contributed by atoms with E-state index in [1.165, 1.54) is 0 Å². The van der Waals surface area contributed by atoms with Crippen molar-refractivity contribution in [3.8, 4) is 5.75 Å². The lowest BCUT2D eigenvalue weighted by atomic mass is 10.1. The maximum Gasteiger partial charge on any atom is 0.262 e. The van der Waals surface area contributed by atoms with E-state index >= 15 is 0 Å². The Morgan fingerprint density at radius 2 is 2.31 bits per heavy atom. The van der Waals surface area contributed by atoms with Crippen LogP contribution in [0.2, 0.25) is 0 Å². The number of Topliss-reactive ketones (excluding diaryl/α,β-unsaturated/α-hetero) is 1. The van der Waals surface area contributed by atoms with Crippen molar-refractivity contribution >= 4 is 29.0 Å². The van der Waals surface area contributed by atoms with Gasteiger partial charge in [-0.1, -0.05) is 0 Å². The molecule has 1 aromatic rings. The van der Waals surface area contributed by atoms with E-state index in [1.54, 1.807) is 25.1 Å². The first-order valence-corrected chi connectivity index (χ1v) is 5.26. The zero-order chi connectivity index (χ0) is 11.7. The van der Waals surface area contributed by atoms with E-state index in [4.69, 9.17) is 16.3 Å². The van der Waals surface area contributed by atoms with Gasteiger partial charge in [-0.25, -0.2) is 0 Å². The second-order valence-electron chi connectivity index (χ2n) is 3.53. The molecule has 1 N–H and O–H groups in total. The number of nitrogens with one attached hydrogen (secondary N) is 1. The van der Waals surface area contributed by atoms with Crippen molar-refractivity contribution in [2.24, 2.45) is 0 Å². The van der Waals surface area contributed by atoms with Gasteiger partial charge in [-0.3, -0.25) is 9.59 Å². The molecule has 4 nitrogen and oxygen atoms in total. The summed E-state index contributed by atoms with van der Waals surface area (Å²) in [4.78, 5) is 22.7. The van der Waals surface area contributed by atoms with Crippen molar-refractivity contribution in [1.82, 2.24) is 0 Å². The number of amides is 1. The number of rotatable bonds is 2. The second-order valence-corrected chi connectivity index (χ2v) is 4.18. The number of anilines is 1. The number of hydrogen-bond acceptors (Lipinski definition) is 3. The Balaban J connectivity index is 2.35. The molecule has 1 aliphatic heterocycles. The molecule has 1 unspecified atom stereocenters. The predicted molar refractivity (Wildman–Crippen MR) is 60.2 cm³/mol. The average molecular weight is 240 g/mol. The lowest BCUT2D eigenvalue weighted by Crippen LogP contribution is -2.25. The Kier molecular flexibility index (Phi) is 2.83. The van der Waals surface area contributed by atoms with E-state index in [1.807, 2.05) is 0 Å². The average Bonchev–Trinajstić information content (AvgIpc) is 2.26. The molecule has 1 aliphatic rings. The fraction of sp³-hybridized carbons (Fsp3) is 0.273. The summed E-state index contributed by atoms with van der Waals surface area (Å²) in [7, 11) is 0. The van der Waals surface area contributed by atoms with Gasteiger partial charge in [0.15, 0.2) is 12.4 Å². The van der Waals surface area contributed by atoms with Crippen LogP contribution in [0.5, 0.6) is 5.75 Å². The van der Waals surface area contributed by atoms with Gasteiger partial charge in [-0.15, -0.1) is 11.6 Å².